The minimum absolute atomic E-state index is 0.0936. The van der Waals surface area contributed by atoms with E-state index < -0.39 is 45.3 Å². The predicted molar refractivity (Wildman–Crippen MR) is 86.7 cm³/mol. The molecule has 2 aromatic rings. The van der Waals surface area contributed by atoms with Crippen molar-refractivity contribution >= 4 is 17.3 Å². The van der Waals surface area contributed by atoms with Crippen LogP contribution in [0.25, 0.3) is 0 Å². The van der Waals surface area contributed by atoms with Crippen molar-refractivity contribution in [3.63, 3.8) is 0 Å². The van der Waals surface area contributed by atoms with Crippen LogP contribution in [0.15, 0.2) is 36.4 Å². The van der Waals surface area contributed by atoms with Gasteiger partial charge in [-0.25, -0.2) is 4.39 Å². The second-order valence-corrected chi connectivity index (χ2v) is 5.27. The standard InChI is InChI=1S/C16H13F4N3O4/c17-10-7-12(14(21)13(8-10)23(25)26)15(24)22-5-6-27-11-3-1-9(2-4-11)16(18,19)20/h1-4,7-8H,5-6,21H2,(H,22,24). The maximum Gasteiger partial charge on any atom is 0.416 e. The molecule has 0 spiro atoms. The van der Waals surface area contributed by atoms with Crippen LogP contribution < -0.4 is 15.8 Å². The molecular formula is C16H13F4N3O4. The van der Waals surface area contributed by atoms with E-state index in [1.54, 1.807) is 0 Å². The summed E-state index contributed by atoms with van der Waals surface area (Å²) in [5.41, 5.74) is 3.05. The molecule has 0 unspecified atom stereocenters. The van der Waals surface area contributed by atoms with Crippen LogP contribution in [0, 0.1) is 15.9 Å². The topological polar surface area (TPSA) is 107 Å². The maximum absolute atomic E-state index is 13.4. The number of nitrogens with zero attached hydrogens (tertiary/aromatic N) is 1. The lowest BCUT2D eigenvalue weighted by Gasteiger charge is -2.10. The fourth-order valence-corrected chi connectivity index (χ4v) is 2.11. The van der Waals surface area contributed by atoms with Gasteiger partial charge in [0.05, 0.1) is 28.7 Å². The van der Waals surface area contributed by atoms with Gasteiger partial charge in [-0.2, -0.15) is 13.2 Å². The number of nitrogens with one attached hydrogen (secondary N) is 1. The summed E-state index contributed by atoms with van der Waals surface area (Å²) in [6.07, 6.45) is -4.46. The van der Waals surface area contributed by atoms with Crippen molar-refractivity contribution in [3.05, 3.63) is 63.5 Å². The summed E-state index contributed by atoms with van der Waals surface area (Å²) in [5, 5.41) is 13.1. The SMILES string of the molecule is Nc1c(C(=O)NCCOc2ccc(C(F)(F)F)cc2)cc(F)cc1[N+](=O)[O-]. The molecule has 1 amide bonds. The zero-order valence-electron chi connectivity index (χ0n) is 13.5. The van der Waals surface area contributed by atoms with Crippen molar-refractivity contribution in [2.75, 3.05) is 18.9 Å². The summed E-state index contributed by atoms with van der Waals surface area (Å²) < 4.78 is 55.9. The third-order valence-corrected chi connectivity index (χ3v) is 3.40. The second-order valence-electron chi connectivity index (χ2n) is 5.27. The van der Waals surface area contributed by atoms with Crippen molar-refractivity contribution < 1.29 is 32.0 Å². The van der Waals surface area contributed by atoms with Crippen molar-refractivity contribution in [2.24, 2.45) is 0 Å². The minimum Gasteiger partial charge on any atom is -0.492 e. The highest BCUT2D eigenvalue weighted by Gasteiger charge is 2.30. The molecule has 0 saturated heterocycles. The molecule has 144 valence electrons. The Morgan fingerprint density at radius 3 is 2.41 bits per heavy atom. The van der Waals surface area contributed by atoms with E-state index in [0.29, 0.717) is 6.07 Å². The molecule has 7 nitrogen and oxygen atoms in total. The first-order chi connectivity index (χ1) is 12.6. The molecule has 0 aliphatic rings. The largest absolute Gasteiger partial charge is 0.492 e. The minimum atomic E-state index is -4.46. The number of alkyl halides is 3. The number of carbonyl (C=O) groups is 1. The van der Waals surface area contributed by atoms with Gasteiger partial charge in [0.25, 0.3) is 11.6 Å². The van der Waals surface area contributed by atoms with Gasteiger partial charge >= 0.3 is 6.18 Å². The van der Waals surface area contributed by atoms with Gasteiger partial charge in [-0.1, -0.05) is 0 Å². The van der Waals surface area contributed by atoms with E-state index in [4.69, 9.17) is 10.5 Å². The molecule has 0 heterocycles. The Morgan fingerprint density at radius 1 is 1.22 bits per heavy atom. The Balaban J connectivity index is 1.92. The number of rotatable bonds is 6. The molecule has 0 saturated carbocycles. The van der Waals surface area contributed by atoms with Gasteiger partial charge in [-0.15, -0.1) is 0 Å². The average molecular weight is 387 g/mol. The van der Waals surface area contributed by atoms with Gasteiger partial charge in [0, 0.05) is 0 Å². The van der Waals surface area contributed by atoms with Crippen molar-refractivity contribution in [3.8, 4) is 5.75 Å². The van der Waals surface area contributed by atoms with Crippen molar-refractivity contribution in [1.29, 1.82) is 0 Å². The first-order valence-corrected chi connectivity index (χ1v) is 7.41. The maximum atomic E-state index is 13.4. The quantitative estimate of drug-likeness (QED) is 0.260. The van der Waals surface area contributed by atoms with Crippen LogP contribution >= 0.6 is 0 Å². The number of benzene rings is 2. The molecule has 0 aromatic heterocycles. The molecule has 0 aliphatic heterocycles. The van der Waals surface area contributed by atoms with Crippen LogP contribution in [0.3, 0.4) is 0 Å². The number of amides is 1. The van der Waals surface area contributed by atoms with Crippen LogP contribution in [-0.4, -0.2) is 24.0 Å². The summed E-state index contributed by atoms with van der Waals surface area (Å²) in [7, 11) is 0. The molecule has 2 aromatic carbocycles. The number of nitro groups is 1. The molecule has 3 N–H and O–H groups in total. The van der Waals surface area contributed by atoms with Gasteiger partial charge in [0.2, 0.25) is 0 Å². The molecule has 27 heavy (non-hydrogen) atoms. The van der Waals surface area contributed by atoms with Crippen molar-refractivity contribution in [1.82, 2.24) is 5.32 Å². The zero-order valence-corrected chi connectivity index (χ0v) is 13.5. The Morgan fingerprint density at radius 2 is 1.85 bits per heavy atom. The Kier molecular flexibility index (Phi) is 5.83. The number of nitro benzene ring substituents is 1. The van der Waals surface area contributed by atoms with Gasteiger partial charge in [-0.05, 0) is 30.3 Å². The summed E-state index contributed by atoms with van der Waals surface area (Å²) in [6, 6.07) is 5.30. The van der Waals surface area contributed by atoms with E-state index in [9.17, 15) is 32.5 Å². The van der Waals surface area contributed by atoms with Crippen LogP contribution in [0.5, 0.6) is 5.75 Å². The number of hydrogen-bond donors (Lipinski definition) is 2. The third kappa shape index (κ3) is 5.06. The summed E-state index contributed by atoms with van der Waals surface area (Å²) >= 11 is 0. The highest BCUT2D eigenvalue weighted by atomic mass is 19.4. The lowest BCUT2D eigenvalue weighted by Crippen LogP contribution is -2.29. The summed E-state index contributed by atoms with van der Waals surface area (Å²) in [6.45, 7) is -0.196. The first kappa shape index (κ1) is 19.9. The molecular weight excluding hydrogens is 374 g/mol. The number of hydrogen-bond acceptors (Lipinski definition) is 5. The fraction of sp³-hybridized carbons (Fsp3) is 0.188. The number of nitrogen functional groups attached to an aromatic ring is 1. The first-order valence-electron chi connectivity index (χ1n) is 7.41. The number of nitrogens with two attached hydrogens (primary N) is 1. The third-order valence-electron chi connectivity index (χ3n) is 3.40. The van der Waals surface area contributed by atoms with Gasteiger partial charge in [-0.3, -0.25) is 14.9 Å². The number of anilines is 1. The Bertz CT molecular complexity index is 854. The van der Waals surface area contributed by atoms with Crippen LogP contribution in [-0.2, 0) is 6.18 Å². The highest BCUT2D eigenvalue weighted by Crippen LogP contribution is 2.30. The van der Waals surface area contributed by atoms with E-state index in [-0.39, 0.29) is 18.9 Å². The average Bonchev–Trinajstić information content (AvgIpc) is 2.59. The monoisotopic (exact) mass is 387 g/mol. The number of ether oxygens (including phenoxy) is 1. The predicted octanol–water partition coefficient (Wildman–Crippen LogP) is 3.14. The van der Waals surface area contributed by atoms with E-state index in [1.807, 2.05) is 0 Å². The number of halogens is 4. The Hall–Kier alpha value is -3.37. The normalized spacial score (nSPS) is 11.1. The van der Waals surface area contributed by atoms with Gasteiger partial charge in [0.1, 0.15) is 23.9 Å². The molecule has 0 radical (unpaired) electrons. The molecule has 11 heteroatoms. The van der Waals surface area contributed by atoms with Gasteiger partial charge < -0.3 is 15.8 Å². The zero-order chi connectivity index (χ0) is 20.2. The second kappa shape index (κ2) is 7.89. The lowest BCUT2D eigenvalue weighted by molar-refractivity contribution is -0.384. The fourth-order valence-electron chi connectivity index (χ4n) is 2.11. The van der Waals surface area contributed by atoms with E-state index in [0.717, 1.165) is 30.3 Å². The summed E-state index contributed by atoms with van der Waals surface area (Å²) in [4.78, 5) is 21.9. The highest BCUT2D eigenvalue weighted by molar-refractivity contribution is 6.01. The van der Waals surface area contributed by atoms with Crippen LogP contribution in [0.4, 0.5) is 28.9 Å². The van der Waals surface area contributed by atoms with Crippen LogP contribution in [0.1, 0.15) is 15.9 Å². The van der Waals surface area contributed by atoms with E-state index in [1.165, 1.54) is 0 Å². The van der Waals surface area contributed by atoms with Crippen LogP contribution in [0.2, 0.25) is 0 Å². The number of carbonyl (C=O) groups excluding carboxylic acids is 1. The smallest absolute Gasteiger partial charge is 0.416 e. The molecule has 0 fully saturated rings. The van der Waals surface area contributed by atoms with E-state index >= 15 is 0 Å². The molecule has 0 aliphatic carbocycles. The Labute approximate surface area is 149 Å². The summed E-state index contributed by atoms with van der Waals surface area (Å²) in [5.74, 6) is -1.70. The van der Waals surface area contributed by atoms with Crippen molar-refractivity contribution in [2.45, 2.75) is 6.18 Å². The van der Waals surface area contributed by atoms with E-state index in [2.05, 4.69) is 5.32 Å². The molecule has 2 rings (SSSR count). The lowest BCUT2D eigenvalue weighted by atomic mass is 10.1. The van der Waals surface area contributed by atoms with Gasteiger partial charge in [0.15, 0.2) is 0 Å². The molecule has 0 bridgehead atoms. The molecule has 0 atom stereocenters.